The van der Waals surface area contributed by atoms with Crippen LogP contribution in [0.5, 0.6) is 0 Å². The van der Waals surface area contributed by atoms with Gasteiger partial charge < -0.3 is 24.9 Å². The molecule has 1 atom stereocenters. The van der Waals surface area contributed by atoms with Crippen molar-refractivity contribution in [2.75, 3.05) is 78.9 Å². The van der Waals surface area contributed by atoms with E-state index in [0.29, 0.717) is 31.2 Å². The van der Waals surface area contributed by atoms with Crippen molar-refractivity contribution in [3.8, 4) is 6.07 Å². The van der Waals surface area contributed by atoms with Crippen LogP contribution in [0.1, 0.15) is 61.1 Å². The van der Waals surface area contributed by atoms with Crippen molar-refractivity contribution in [2.45, 2.75) is 64.5 Å². The fraction of sp³-hybridized carbons (Fsp3) is 0.488. The lowest BCUT2D eigenvalue weighted by atomic mass is 9.67. The molecule has 7 rings (SSSR count). The molecule has 278 valence electrons. The number of anilines is 4. The average Bonchev–Trinajstić information content (AvgIpc) is 3.16. The van der Waals surface area contributed by atoms with E-state index in [-0.39, 0.29) is 17.7 Å². The first-order valence-electron chi connectivity index (χ1n) is 19.1. The molecule has 2 amide bonds. The van der Waals surface area contributed by atoms with Gasteiger partial charge in [-0.2, -0.15) is 10.2 Å². The second-order valence-electron chi connectivity index (χ2n) is 14.9. The third-order valence-corrected chi connectivity index (χ3v) is 11.9. The van der Waals surface area contributed by atoms with Crippen molar-refractivity contribution < 1.29 is 14.0 Å². The number of aromatic nitrogens is 2. The molecule has 4 heterocycles. The van der Waals surface area contributed by atoms with E-state index in [0.717, 1.165) is 106 Å². The molecular weight excluding hydrogens is 670 g/mol. The molecule has 3 saturated heterocycles. The fourth-order valence-corrected chi connectivity index (χ4v) is 8.79. The number of nitrogens with zero attached hydrogens (tertiary/aromatic N) is 8. The van der Waals surface area contributed by atoms with Gasteiger partial charge >= 0.3 is 0 Å². The molecule has 3 aromatic rings. The molecule has 0 radical (unpaired) electrons. The summed E-state index contributed by atoms with van der Waals surface area (Å²) in [6, 6.07) is 19.6. The second kappa shape index (κ2) is 15.5. The van der Waals surface area contributed by atoms with Gasteiger partial charge in [0.2, 0.25) is 5.95 Å². The minimum absolute atomic E-state index is 0.0856. The quantitative estimate of drug-likeness (QED) is 0.274. The van der Waals surface area contributed by atoms with Gasteiger partial charge in [0.25, 0.3) is 11.8 Å². The lowest BCUT2D eigenvalue weighted by Crippen LogP contribution is -2.60. The molecule has 1 aromatic heterocycles. The van der Waals surface area contributed by atoms with Crippen LogP contribution in [0, 0.1) is 16.7 Å². The number of piperidine rings is 1. The van der Waals surface area contributed by atoms with E-state index in [1.165, 1.54) is 4.90 Å². The Morgan fingerprint density at radius 2 is 1.66 bits per heavy atom. The standard InChI is InChI=1S/C41H50FN9O2/c1-4-47(5-2)32-27-50(28-32)40-45-35-25-41(17-15-33(35)37(46-40)49-23-24-51(39(53)29(3)42)31(26-49)16-20-43)18-21-48(22-19-41)36-14-10-9-13-34(36)38(52)44-30-11-7-6-8-12-30/h6-14,31-32H,3-5,15-19,21-28H2,1-2H3,(H,44,52)/t31-/m0/s1. The highest BCUT2D eigenvalue weighted by atomic mass is 19.1. The van der Waals surface area contributed by atoms with Crippen molar-refractivity contribution in [3.63, 3.8) is 0 Å². The van der Waals surface area contributed by atoms with E-state index >= 15 is 0 Å². The van der Waals surface area contributed by atoms with Crippen molar-refractivity contribution in [2.24, 2.45) is 5.41 Å². The number of nitrogens with one attached hydrogen (secondary N) is 1. The number of amides is 2. The second-order valence-corrected chi connectivity index (χ2v) is 14.9. The molecule has 4 aliphatic rings. The summed E-state index contributed by atoms with van der Waals surface area (Å²) < 4.78 is 14.0. The molecule has 3 aliphatic heterocycles. The Bertz CT molecular complexity index is 1860. The number of hydrogen-bond acceptors (Lipinski definition) is 9. The minimum Gasteiger partial charge on any atom is -0.371 e. The van der Waals surface area contributed by atoms with Crippen LogP contribution < -0.4 is 20.0 Å². The molecule has 1 spiro atoms. The largest absolute Gasteiger partial charge is 0.371 e. The number of likely N-dealkylation sites (N-methyl/N-ethyl adjacent to an activating group) is 1. The number of nitriles is 1. The van der Waals surface area contributed by atoms with Crippen LogP contribution in [0.3, 0.4) is 0 Å². The van der Waals surface area contributed by atoms with Crippen LogP contribution in [0.15, 0.2) is 67.0 Å². The van der Waals surface area contributed by atoms with E-state index in [2.05, 4.69) is 57.5 Å². The number of carbonyl (C=O) groups excluding carboxylic acids is 2. The minimum atomic E-state index is -1.00. The summed E-state index contributed by atoms with van der Waals surface area (Å²) in [5, 5.41) is 12.7. The Hall–Kier alpha value is -5.02. The summed E-state index contributed by atoms with van der Waals surface area (Å²) in [5.74, 6) is -0.231. The van der Waals surface area contributed by atoms with Crippen LogP contribution >= 0.6 is 0 Å². The maximum Gasteiger partial charge on any atom is 0.282 e. The first-order chi connectivity index (χ1) is 25.7. The van der Waals surface area contributed by atoms with Crippen molar-refractivity contribution in [1.82, 2.24) is 19.8 Å². The predicted octanol–water partition coefficient (Wildman–Crippen LogP) is 5.45. The summed E-state index contributed by atoms with van der Waals surface area (Å²) >= 11 is 0. The molecule has 0 saturated carbocycles. The number of carbonyl (C=O) groups is 2. The zero-order chi connectivity index (χ0) is 37.1. The molecule has 0 bridgehead atoms. The third-order valence-electron chi connectivity index (χ3n) is 11.9. The van der Waals surface area contributed by atoms with Gasteiger partial charge in [-0.3, -0.25) is 14.5 Å². The number of fused-ring (bicyclic) bond motifs is 1. The fourth-order valence-electron chi connectivity index (χ4n) is 8.79. The molecule has 53 heavy (non-hydrogen) atoms. The van der Waals surface area contributed by atoms with E-state index < -0.39 is 17.8 Å². The van der Waals surface area contributed by atoms with Crippen molar-refractivity contribution in [3.05, 3.63) is 83.8 Å². The third kappa shape index (κ3) is 7.45. The van der Waals surface area contributed by atoms with Gasteiger partial charge in [0, 0.05) is 68.8 Å². The van der Waals surface area contributed by atoms with Crippen LogP contribution in [-0.4, -0.2) is 103 Å². The Morgan fingerprint density at radius 3 is 2.36 bits per heavy atom. The van der Waals surface area contributed by atoms with Gasteiger partial charge in [-0.1, -0.05) is 50.8 Å². The van der Waals surface area contributed by atoms with Gasteiger partial charge in [0.15, 0.2) is 5.83 Å². The zero-order valence-corrected chi connectivity index (χ0v) is 30.9. The Labute approximate surface area is 312 Å². The molecule has 3 fully saturated rings. The summed E-state index contributed by atoms with van der Waals surface area (Å²) in [6.07, 6.45) is 4.78. The van der Waals surface area contributed by atoms with E-state index in [9.17, 15) is 19.2 Å². The lowest BCUT2D eigenvalue weighted by molar-refractivity contribution is -0.131. The zero-order valence-electron chi connectivity index (χ0n) is 30.9. The maximum atomic E-state index is 14.0. The monoisotopic (exact) mass is 719 g/mol. The SMILES string of the molecule is C=C(F)C(=O)N1CCN(c2nc(N3CC(N(CC)CC)C3)nc3c2CCC2(CCN(c4ccccc4C(=O)Nc4ccccc4)CC2)C3)C[C@@H]1CC#N. The Balaban J connectivity index is 1.12. The topological polar surface area (TPSA) is 112 Å². The summed E-state index contributed by atoms with van der Waals surface area (Å²) in [6.45, 7) is 14.2. The van der Waals surface area contributed by atoms with Crippen LogP contribution in [0.25, 0.3) is 0 Å². The molecule has 1 N–H and O–H groups in total. The molecule has 2 aromatic carbocycles. The van der Waals surface area contributed by atoms with E-state index in [4.69, 9.17) is 9.97 Å². The number of rotatable bonds is 10. The summed E-state index contributed by atoms with van der Waals surface area (Å²) in [4.78, 5) is 47.3. The number of halogens is 1. The highest BCUT2D eigenvalue weighted by Crippen LogP contribution is 2.46. The molecule has 1 aliphatic carbocycles. The number of piperazine rings is 1. The smallest absolute Gasteiger partial charge is 0.282 e. The van der Waals surface area contributed by atoms with Gasteiger partial charge in [-0.25, -0.2) is 9.37 Å². The molecule has 11 nitrogen and oxygen atoms in total. The van der Waals surface area contributed by atoms with E-state index in [1.54, 1.807) is 0 Å². The maximum absolute atomic E-state index is 14.0. The lowest BCUT2D eigenvalue weighted by Gasteiger charge is -2.48. The number of para-hydroxylation sites is 2. The predicted molar refractivity (Wildman–Crippen MR) is 206 cm³/mol. The van der Waals surface area contributed by atoms with Crippen LogP contribution in [0.4, 0.5) is 27.5 Å². The number of hydrogen-bond donors (Lipinski definition) is 1. The van der Waals surface area contributed by atoms with E-state index in [1.807, 2.05) is 48.5 Å². The number of benzene rings is 2. The van der Waals surface area contributed by atoms with Gasteiger partial charge in [-0.15, -0.1) is 0 Å². The van der Waals surface area contributed by atoms with Crippen molar-refractivity contribution >= 4 is 35.0 Å². The van der Waals surface area contributed by atoms with Gasteiger partial charge in [-0.05, 0) is 74.9 Å². The molecule has 0 unspecified atom stereocenters. The Kier molecular flexibility index (Phi) is 10.6. The van der Waals surface area contributed by atoms with Gasteiger partial charge in [0.05, 0.1) is 29.8 Å². The summed E-state index contributed by atoms with van der Waals surface area (Å²) in [5.41, 5.74) is 4.73. The highest BCUT2D eigenvalue weighted by Gasteiger charge is 2.42. The first kappa shape index (κ1) is 36.3. The van der Waals surface area contributed by atoms with Crippen LogP contribution in [-0.2, 0) is 17.6 Å². The summed E-state index contributed by atoms with van der Waals surface area (Å²) in [7, 11) is 0. The van der Waals surface area contributed by atoms with Crippen LogP contribution in [0.2, 0.25) is 0 Å². The molecular formula is C41H50FN9O2. The van der Waals surface area contributed by atoms with Crippen molar-refractivity contribution in [1.29, 1.82) is 5.26 Å². The Morgan fingerprint density at radius 1 is 0.943 bits per heavy atom. The normalized spacial score (nSPS) is 19.8. The highest BCUT2D eigenvalue weighted by molar-refractivity contribution is 6.08. The first-order valence-corrected chi connectivity index (χ1v) is 19.1. The van der Waals surface area contributed by atoms with Gasteiger partial charge in [0.1, 0.15) is 5.82 Å². The molecule has 12 heteroatoms. The average molecular weight is 720 g/mol.